The van der Waals surface area contributed by atoms with Gasteiger partial charge in [-0.3, -0.25) is 4.79 Å². The van der Waals surface area contributed by atoms with Gasteiger partial charge in [0.2, 0.25) is 0 Å². The summed E-state index contributed by atoms with van der Waals surface area (Å²) in [6.07, 6.45) is 0. The highest BCUT2D eigenvalue weighted by Crippen LogP contribution is 2.24. The summed E-state index contributed by atoms with van der Waals surface area (Å²) in [6.45, 7) is 1.87. The van der Waals surface area contributed by atoms with Crippen LogP contribution in [0.2, 0.25) is 0 Å². The van der Waals surface area contributed by atoms with Gasteiger partial charge in [0.05, 0.1) is 5.39 Å². The van der Waals surface area contributed by atoms with Crippen molar-refractivity contribution in [1.82, 2.24) is 4.98 Å². The molecule has 0 atom stereocenters. The van der Waals surface area contributed by atoms with Gasteiger partial charge in [-0.05, 0) is 39.9 Å². The first kappa shape index (κ1) is 10.9. The molecule has 0 saturated heterocycles. The molecule has 0 aliphatic heterocycles. The van der Waals surface area contributed by atoms with Gasteiger partial charge in [0, 0.05) is 4.47 Å². The molecule has 0 amide bonds. The maximum atomic E-state index is 11.7. The van der Waals surface area contributed by atoms with Crippen LogP contribution < -0.4 is 5.56 Å². The van der Waals surface area contributed by atoms with E-state index in [0.29, 0.717) is 15.2 Å². The third kappa shape index (κ3) is 1.63. The van der Waals surface area contributed by atoms with Crippen LogP contribution in [-0.4, -0.2) is 16.1 Å². The number of nitrogens with one attached hydrogen (secondary N) is 1. The van der Waals surface area contributed by atoms with E-state index in [1.54, 1.807) is 6.07 Å². The van der Waals surface area contributed by atoms with Crippen LogP contribution in [0.15, 0.2) is 27.5 Å². The molecule has 0 fully saturated rings. The van der Waals surface area contributed by atoms with Crippen LogP contribution in [0.1, 0.15) is 16.1 Å². The first-order chi connectivity index (χ1) is 7.50. The summed E-state index contributed by atoms with van der Waals surface area (Å²) in [7, 11) is 0. The topological polar surface area (TPSA) is 70.2 Å². The van der Waals surface area contributed by atoms with E-state index in [0.717, 1.165) is 5.56 Å². The Kier molecular flexibility index (Phi) is 2.55. The zero-order valence-corrected chi connectivity index (χ0v) is 9.96. The zero-order chi connectivity index (χ0) is 11.9. The molecule has 0 bridgehead atoms. The molecule has 2 aromatic rings. The third-order valence-corrected chi connectivity index (χ3v) is 3.39. The zero-order valence-electron chi connectivity index (χ0n) is 8.37. The molecule has 1 aromatic heterocycles. The largest absolute Gasteiger partial charge is 0.477 e. The first-order valence-electron chi connectivity index (χ1n) is 4.56. The number of aromatic carboxylic acids is 1. The second-order valence-corrected chi connectivity index (χ2v) is 4.27. The van der Waals surface area contributed by atoms with E-state index in [1.807, 2.05) is 13.0 Å². The first-order valence-corrected chi connectivity index (χ1v) is 5.35. The molecule has 1 heterocycles. The van der Waals surface area contributed by atoms with E-state index < -0.39 is 11.5 Å². The lowest BCUT2D eigenvalue weighted by Gasteiger charge is -2.04. The molecule has 0 saturated carbocycles. The number of carboxylic acids is 1. The minimum Gasteiger partial charge on any atom is -0.477 e. The van der Waals surface area contributed by atoms with Crippen LogP contribution in [0.5, 0.6) is 0 Å². The number of hydrogen-bond acceptors (Lipinski definition) is 2. The van der Waals surface area contributed by atoms with E-state index >= 15 is 0 Å². The lowest BCUT2D eigenvalue weighted by atomic mass is 10.1. The molecule has 16 heavy (non-hydrogen) atoms. The number of aromatic nitrogens is 1. The Morgan fingerprint density at radius 3 is 2.75 bits per heavy atom. The van der Waals surface area contributed by atoms with Crippen LogP contribution in [0.3, 0.4) is 0 Å². The Hall–Kier alpha value is -1.62. The second-order valence-electron chi connectivity index (χ2n) is 3.48. The van der Waals surface area contributed by atoms with Crippen molar-refractivity contribution in [3.8, 4) is 0 Å². The molecule has 0 radical (unpaired) electrons. The number of carboxylic acid groups (broad SMARTS) is 1. The smallest absolute Gasteiger partial charge is 0.352 e. The third-order valence-electron chi connectivity index (χ3n) is 2.37. The molecule has 2 N–H and O–H groups in total. The van der Waals surface area contributed by atoms with Crippen LogP contribution in [0, 0.1) is 6.92 Å². The Balaban J connectivity index is 2.92. The van der Waals surface area contributed by atoms with Gasteiger partial charge in [-0.2, -0.15) is 0 Å². The SMILES string of the molecule is Cc1ccc2cc(C(=O)O)[nH]c(=O)c2c1Br. The summed E-state index contributed by atoms with van der Waals surface area (Å²) in [6, 6.07) is 5.01. The van der Waals surface area contributed by atoms with Crippen molar-refractivity contribution in [2.75, 3.05) is 0 Å². The summed E-state index contributed by atoms with van der Waals surface area (Å²) in [5.74, 6) is -1.14. The minimum atomic E-state index is -1.14. The fourth-order valence-corrected chi connectivity index (χ4v) is 2.08. The van der Waals surface area contributed by atoms with Crippen LogP contribution in [0.25, 0.3) is 10.8 Å². The van der Waals surface area contributed by atoms with Crippen LogP contribution in [-0.2, 0) is 0 Å². The summed E-state index contributed by atoms with van der Waals surface area (Å²) in [4.78, 5) is 24.8. The summed E-state index contributed by atoms with van der Waals surface area (Å²) in [5, 5.41) is 9.90. The Labute approximate surface area is 99.0 Å². The van der Waals surface area contributed by atoms with Crippen molar-refractivity contribution >= 4 is 32.7 Å². The maximum absolute atomic E-state index is 11.7. The van der Waals surface area contributed by atoms with E-state index in [9.17, 15) is 9.59 Å². The van der Waals surface area contributed by atoms with E-state index in [-0.39, 0.29) is 5.69 Å². The number of aryl methyl sites for hydroxylation is 1. The van der Waals surface area contributed by atoms with Crippen molar-refractivity contribution in [3.05, 3.63) is 44.3 Å². The van der Waals surface area contributed by atoms with E-state index in [1.165, 1.54) is 6.07 Å². The number of fused-ring (bicyclic) bond motifs is 1. The van der Waals surface area contributed by atoms with Gasteiger partial charge < -0.3 is 10.1 Å². The van der Waals surface area contributed by atoms with Gasteiger partial charge in [-0.25, -0.2) is 4.79 Å². The fourth-order valence-electron chi connectivity index (χ4n) is 1.54. The average molecular weight is 282 g/mol. The number of rotatable bonds is 1. The highest BCUT2D eigenvalue weighted by atomic mass is 79.9. The van der Waals surface area contributed by atoms with Gasteiger partial charge in [0.15, 0.2) is 0 Å². The van der Waals surface area contributed by atoms with Crippen molar-refractivity contribution in [1.29, 1.82) is 0 Å². The van der Waals surface area contributed by atoms with Gasteiger partial charge in [0.1, 0.15) is 5.69 Å². The molecule has 0 aliphatic carbocycles. The number of benzene rings is 1. The molecule has 4 nitrogen and oxygen atoms in total. The lowest BCUT2D eigenvalue weighted by molar-refractivity contribution is 0.0690. The van der Waals surface area contributed by atoms with Gasteiger partial charge >= 0.3 is 5.97 Å². The van der Waals surface area contributed by atoms with Crippen molar-refractivity contribution in [2.45, 2.75) is 6.92 Å². The number of aromatic amines is 1. The standard InChI is InChI=1S/C11H8BrNO3/c1-5-2-3-6-4-7(11(15)16)13-10(14)8(6)9(5)12/h2-4H,1H3,(H,13,14)(H,15,16). The highest BCUT2D eigenvalue weighted by Gasteiger charge is 2.10. The quantitative estimate of drug-likeness (QED) is 0.843. The number of pyridine rings is 1. The Morgan fingerprint density at radius 1 is 1.44 bits per heavy atom. The Morgan fingerprint density at radius 2 is 2.12 bits per heavy atom. The second kappa shape index (κ2) is 3.75. The van der Waals surface area contributed by atoms with E-state index in [2.05, 4.69) is 20.9 Å². The van der Waals surface area contributed by atoms with Gasteiger partial charge in [0.25, 0.3) is 5.56 Å². The molecule has 0 aliphatic rings. The number of H-pyrrole nitrogens is 1. The molecular weight excluding hydrogens is 274 g/mol. The summed E-state index contributed by atoms with van der Waals surface area (Å²) in [5.41, 5.74) is 0.430. The lowest BCUT2D eigenvalue weighted by Crippen LogP contribution is -2.13. The Bertz CT molecular complexity index is 645. The molecule has 5 heteroatoms. The molecular formula is C11H8BrNO3. The molecule has 0 spiro atoms. The normalized spacial score (nSPS) is 10.6. The number of halogens is 1. The predicted octanol–water partition coefficient (Wildman–Crippen LogP) is 2.30. The highest BCUT2D eigenvalue weighted by molar-refractivity contribution is 9.10. The summed E-state index contributed by atoms with van der Waals surface area (Å²) >= 11 is 3.33. The van der Waals surface area contributed by atoms with Crippen LogP contribution in [0.4, 0.5) is 0 Å². The summed E-state index contributed by atoms with van der Waals surface area (Å²) < 4.78 is 0.697. The van der Waals surface area contributed by atoms with Crippen molar-refractivity contribution < 1.29 is 9.90 Å². The predicted molar refractivity (Wildman–Crippen MR) is 64.0 cm³/mol. The number of hydrogen-bond donors (Lipinski definition) is 2. The van der Waals surface area contributed by atoms with E-state index in [4.69, 9.17) is 5.11 Å². The van der Waals surface area contributed by atoms with Crippen molar-refractivity contribution in [2.24, 2.45) is 0 Å². The van der Waals surface area contributed by atoms with Crippen molar-refractivity contribution in [3.63, 3.8) is 0 Å². The maximum Gasteiger partial charge on any atom is 0.352 e. The average Bonchev–Trinajstić information content (AvgIpc) is 2.22. The van der Waals surface area contributed by atoms with Crippen LogP contribution >= 0.6 is 15.9 Å². The van der Waals surface area contributed by atoms with Gasteiger partial charge in [-0.15, -0.1) is 0 Å². The fraction of sp³-hybridized carbons (Fsp3) is 0.0909. The monoisotopic (exact) mass is 281 g/mol. The molecule has 0 unspecified atom stereocenters. The molecule has 82 valence electrons. The molecule has 1 aromatic carbocycles. The molecule has 2 rings (SSSR count). The minimum absolute atomic E-state index is 0.103. The van der Waals surface area contributed by atoms with Gasteiger partial charge in [-0.1, -0.05) is 12.1 Å². The number of carbonyl (C=O) groups is 1.